The van der Waals surface area contributed by atoms with E-state index in [-0.39, 0.29) is 23.9 Å². The fourth-order valence-corrected chi connectivity index (χ4v) is 1.87. The lowest BCUT2D eigenvalue weighted by Gasteiger charge is -2.14. The third-order valence-electron chi connectivity index (χ3n) is 2.50. The molecule has 9 nitrogen and oxygen atoms in total. The van der Waals surface area contributed by atoms with Crippen molar-refractivity contribution < 1.29 is 19.0 Å². The minimum absolute atomic E-state index is 0.00515. The topological polar surface area (TPSA) is 121 Å². The highest BCUT2D eigenvalue weighted by atomic mass is 79.9. The third kappa shape index (κ3) is 4.03. The van der Waals surface area contributed by atoms with Crippen molar-refractivity contribution in [3.8, 4) is 0 Å². The monoisotopic (exact) mass is 359 g/mol. The number of nitrogens with zero attached hydrogens (tertiary/aromatic N) is 3. The van der Waals surface area contributed by atoms with Crippen LogP contribution in [0.25, 0.3) is 0 Å². The third-order valence-corrected chi connectivity index (χ3v) is 2.91. The van der Waals surface area contributed by atoms with E-state index < -0.39 is 0 Å². The van der Waals surface area contributed by atoms with Crippen LogP contribution in [0.1, 0.15) is 11.5 Å². The fraction of sp³-hybridized carbons (Fsp3) is 0.364. The van der Waals surface area contributed by atoms with Crippen molar-refractivity contribution in [2.45, 2.75) is 6.54 Å². The molecule has 0 aliphatic heterocycles. The number of hydrogen-bond donors (Lipinski definition) is 3. The second kappa shape index (κ2) is 7.20. The first-order valence-corrected chi connectivity index (χ1v) is 6.74. The van der Waals surface area contributed by atoms with Gasteiger partial charge in [0.15, 0.2) is 11.5 Å². The Labute approximate surface area is 128 Å². The largest absolute Gasteiger partial charge is 0.466 e. The summed E-state index contributed by atoms with van der Waals surface area (Å²) >= 11 is 3.24. The maximum absolute atomic E-state index is 9.92. The van der Waals surface area contributed by atoms with Crippen LogP contribution in [-0.4, -0.2) is 46.7 Å². The van der Waals surface area contributed by atoms with Gasteiger partial charge in [0.05, 0.1) is 11.1 Å². The van der Waals surface area contributed by atoms with E-state index in [0.29, 0.717) is 24.0 Å². The lowest BCUT2D eigenvalue weighted by Crippen LogP contribution is -2.28. The molecule has 2 rings (SSSR count). The molecule has 0 saturated carbocycles. The number of methoxy groups -OCH3 is 1. The molecule has 0 unspecified atom stereocenters. The normalized spacial score (nSPS) is 10.6. The fourth-order valence-electron chi connectivity index (χ4n) is 1.52. The van der Waals surface area contributed by atoms with Crippen molar-refractivity contribution >= 4 is 27.6 Å². The summed E-state index contributed by atoms with van der Waals surface area (Å²) in [4.78, 5) is 0. The van der Waals surface area contributed by atoms with Gasteiger partial charge in [0.25, 0.3) is 0 Å². The lowest BCUT2D eigenvalue weighted by molar-refractivity contribution is -0.0282. The van der Waals surface area contributed by atoms with Crippen molar-refractivity contribution in [1.82, 2.24) is 15.4 Å². The summed E-state index contributed by atoms with van der Waals surface area (Å²) in [6.45, 7) is 0.930. The van der Waals surface area contributed by atoms with Crippen molar-refractivity contribution in [3.63, 3.8) is 0 Å². The number of ether oxygens (including phenoxy) is 1. The molecule has 0 saturated heterocycles. The molecule has 21 heavy (non-hydrogen) atoms. The standard InChI is InChI=1S/C11H14BrN5O4/c1-19-3-2-14-11-9(15-21-16-11)10(13)17(18)5-8-4-7(12)6-20-8/h4,6,13,18H,2-3,5H2,1H3,(H,14,16). The van der Waals surface area contributed by atoms with Crippen molar-refractivity contribution in [3.05, 3.63) is 28.3 Å². The van der Waals surface area contributed by atoms with Crippen molar-refractivity contribution in [2.75, 3.05) is 25.6 Å². The van der Waals surface area contributed by atoms with E-state index in [2.05, 4.69) is 36.2 Å². The van der Waals surface area contributed by atoms with Crippen LogP contribution in [-0.2, 0) is 11.3 Å². The molecule has 0 aromatic carbocycles. The number of nitrogens with one attached hydrogen (secondary N) is 2. The molecule has 0 atom stereocenters. The Balaban J connectivity index is 2.00. The van der Waals surface area contributed by atoms with E-state index in [4.69, 9.17) is 14.6 Å². The van der Waals surface area contributed by atoms with Gasteiger partial charge in [0, 0.05) is 13.7 Å². The molecule has 0 spiro atoms. The molecular formula is C11H14BrN5O4. The molecule has 2 aromatic rings. The van der Waals surface area contributed by atoms with Gasteiger partial charge < -0.3 is 14.5 Å². The van der Waals surface area contributed by atoms with Crippen LogP contribution in [0.3, 0.4) is 0 Å². The summed E-state index contributed by atoms with van der Waals surface area (Å²) in [6.07, 6.45) is 1.49. The summed E-state index contributed by atoms with van der Waals surface area (Å²) in [5.74, 6) is 0.486. The maximum atomic E-state index is 9.92. The first-order chi connectivity index (χ1) is 10.1. The zero-order chi connectivity index (χ0) is 15.2. The molecule has 10 heteroatoms. The Bertz CT molecular complexity index is 599. The van der Waals surface area contributed by atoms with Gasteiger partial charge in [-0.2, -0.15) is 0 Å². The van der Waals surface area contributed by atoms with Crippen LogP contribution in [0.15, 0.2) is 25.8 Å². The smallest absolute Gasteiger partial charge is 0.202 e. The Morgan fingerprint density at radius 3 is 3.05 bits per heavy atom. The van der Waals surface area contributed by atoms with Gasteiger partial charge in [-0.05, 0) is 32.3 Å². The minimum Gasteiger partial charge on any atom is -0.466 e. The van der Waals surface area contributed by atoms with E-state index in [0.717, 1.165) is 4.47 Å². The van der Waals surface area contributed by atoms with E-state index >= 15 is 0 Å². The molecule has 0 aliphatic rings. The van der Waals surface area contributed by atoms with Gasteiger partial charge >= 0.3 is 0 Å². The Morgan fingerprint density at radius 1 is 1.57 bits per heavy atom. The Morgan fingerprint density at radius 2 is 2.38 bits per heavy atom. The number of aromatic nitrogens is 2. The average molecular weight is 360 g/mol. The number of hydroxylamine groups is 2. The number of hydrogen-bond acceptors (Lipinski definition) is 8. The highest BCUT2D eigenvalue weighted by molar-refractivity contribution is 9.10. The molecule has 0 bridgehead atoms. The summed E-state index contributed by atoms with van der Waals surface area (Å²) < 4.78 is 15.4. The quantitative estimate of drug-likeness (QED) is 0.295. The molecule has 114 valence electrons. The van der Waals surface area contributed by atoms with Crippen molar-refractivity contribution in [1.29, 1.82) is 5.41 Å². The first-order valence-electron chi connectivity index (χ1n) is 5.95. The SMILES string of the molecule is COCCNc1nonc1C(=N)N(O)Cc1cc(Br)co1. The van der Waals surface area contributed by atoms with E-state index in [1.54, 1.807) is 13.2 Å². The summed E-state index contributed by atoms with van der Waals surface area (Å²) in [7, 11) is 1.57. The molecule has 0 radical (unpaired) electrons. The zero-order valence-electron chi connectivity index (χ0n) is 11.2. The van der Waals surface area contributed by atoms with Gasteiger partial charge in [-0.1, -0.05) is 0 Å². The van der Waals surface area contributed by atoms with E-state index in [9.17, 15) is 5.21 Å². The number of anilines is 1. The number of rotatable bonds is 7. The Kier molecular flexibility index (Phi) is 5.31. The average Bonchev–Trinajstić information content (AvgIpc) is 3.07. The zero-order valence-corrected chi connectivity index (χ0v) is 12.8. The molecule has 2 aromatic heterocycles. The maximum Gasteiger partial charge on any atom is 0.202 e. The Hall–Kier alpha value is -1.91. The molecule has 2 heterocycles. The number of amidine groups is 1. The van der Waals surface area contributed by atoms with Crippen molar-refractivity contribution in [2.24, 2.45) is 0 Å². The van der Waals surface area contributed by atoms with E-state index in [1.165, 1.54) is 6.26 Å². The van der Waals surface area contributed by atoms with Gasteiger partial charge in [-0.15, -0.1) is 0 Å². The van der Waals surface area contributed by atoms with Crippen LogP contribution >= 0.6 is 15.9 Å². The molecule has 0 amide bonds. The highest BCUT2D eigenvalue weighted by Crippen LogP contribution is 2.17. The first kappa shape index (κ1) is 15.5. The molecule has 3 N–H and O–H groups in total. The number of furan rings is 1. The highest BCUT2D eigenvalue weighted by Gasteiger charge is 2.20. The predicted molar refractivity (Wildman–Crippen MR) is 75.2 cm³/mol. The van der Waals surface area contributed by atoms with Crippen LogP contribution in [0.5, 0.6) is 0 Å². The summed E-state index contributed by atoms with van der Waals surface area (Å²) in [5, 5.41) is 28.7. The van der Waals surface area contributed by atoms with E-state index in [1.807, 2.05) is 0 Å². The van der Waals surface area contributed by atoms with Gasteiger partial charge in [-0.25, -0.2) is 9.69 Å². The summed E-state index contributed by atoms with van der Waals surface area (Å²) in [6, 6.07) is 1.69. The minimum atomic E-state index is -0.260. The number of halogens is 1. The van der Waals surface area contributed by atoms with Gasteiger partial charge in [0.2, 0.25) is 5.82 Å². The summed E-state index contributed by atoms with van der Waals surface area (Å²) in [5.41, 5.74) is 0.0965. The molecule has 0 aliphatic carbocycles. The molecular weight excluding hydrogens is 346 g/mol. The van der Waals surface area contributed by atoms with Gasteiger partial charge in [0.1, 0.15) is 18.6 Å². The van der Waals surface area contributed by atoms with Crippen LogP contribution in [0.2, 0.25) is 0 Å². The second-order valence-electron chi connectivity index (χ2n) is 4.02. The van der Waals surface area contributed by atoms with Crippen LogP contribution in [0, 0.1) is 5.41 Å². The lowest BCUT2D eigenvalue weighted by atomic mass is 10.3. The molecule has 0 fully saturated rings. The second-order valence-corrected chi connectivity index (χ2v) is 4.93. The predicted octanol–water partition coefficient (Wildman–Crippen LogP) is 1.70. The van der Waals surface area contributed by atoms with Crippen LogP contribution < -0.4 is 5.32 Å². The van der Waals surface area contributed by atoms with Gasteiger partial charge in [-0.3, -0.25) is 10.6 Å². The van der Waals surface area contributed by atoms with Crippen LogP contribution in [0.4, 0.5) is 5.82 Å².